The van der Waals surface area contributed by atoms with Crippen molar-refractivity contribution in [3.05, 3.63) is 30.0 Å². The van der Waals surface area contributed by atoms with E-state index in [4.69, 9.17) is 10.5 Å². The third-order valence-corrected chi connectivity index (χ3v) is 3.85. The van der Waals surface area contributed by atoms with E-state index < -0.39 is 0 Å². The van der Waals surface area contributed by atoms with E-state index in [1.807, 2.05) is 32.0 Å². The normalized spacial score (nSPS) is 14.9. The summed E-state index contributed by atoms with van der Waals surface area (Å²) in [7, 11) is 7.76. The van der Waals surface area contributed by atoms with Crippen molar-refractivity contribution in [2.24, 2.45) is 12.8 Å². The summed E-state index contributed by atoms with van der Waals surface area (Å²) in [5.74, 6) is 0.878. The van der Waals surface area contributed by atoms with Crippen LogP contribution in [0.25, 0.3) is 10.9 Å². The summed E-state index contributed by atoms with van der Waals surface area (Å²) in [6.07, 6.45) is 2.95. The lowest BCUT2D eigenvalue weighted by Crippen LogP contribution is -2.51. The number of ether oxygens (including phenoxy) is 1. The third-order valence-electron chi connectivity index (χ3n) is 3.85. The zero-order valence-electron chi connectivity index (χ0n) is 12.4. The van der Waals surface area contributed by atoms with Gasteiger partial charge in [0.05, 0.1) is 12.8 Å². The number of aryl methyl sites for hydroxylation is 1. The lowest BCUT2D eigenvalue weighted by atomic mass is 10.0. The molecule has 0 spiro atoms. The number of methoxy groups -OCH3 is 1. The van der Waals surface area contributed by atoms with Crippen LogP contribution in [0.5, 0.6) is 5.75 Å². The van der Waals surface area contributed by atoms with E-state index in [-0.39, 0.29) is 5.66 Å². The van der Waals surface area contributed by atoms with Crippen LogP contribution in [0.1, 0.15) is 12.5 Å². The molecule has 0 saturated carbocycles. The van der Waals surface area contributed by atoms with Gasteiger partial charge in [0.25, 0.3) is 0 Å². The van der Waals surface area contributed by atoms with Crippen LogP contribution < -0.4 is 10.5 Å². The minimum absolute atomic E-state index is 0.364. The van der Waals surface area contributed by atoms with Gasteiger partial charge in [-0.05, 0) is 44.8 Å². The Balaban J connectivity index is 2.48. The van der Waals surface area contributed by atoms with Crippen LogP contribution in [0.15, 0.2) is 24.4 Å². The Morgan fingerprint density at radius 3 is 2.63 bits per heavy atom. The molecule has 0 radical (unpaired) electrons. The monoisotopic (exact) mass is 261 g/mol. The molecule has 1 unspecified atom stereocenters. The molecule has 1 atom stereocenters. The van der Waals surface area contributed by atoms with E-state index in [0.29, 0.717) is 0 Å². The van der Waals surface area contributed by atoms with Crippen molar-refractivity contribution in [3.8, 4) is 5.75 Å². The second-order valence-corrected chi connectivity index (χ2v) is 5.58. The van der Waals surface area contributed by atoms with Crippen molar-refractivity contribution in [3.63, 3.8) is 0 Å². The molecule has 0 aliphatic heterocycles. The first kappa shape index (κ1) is 13.9. The molecular formula is C15H23N3O. The second-order valence-electron chi connectivity index (χ2n) is 5.58. The van der Waals surface area contributed by atoms with Crippen LogP contribution in [-0.4, -0.2) is 36.3 Å². The van der Waals surface area contributed by atoms with Gasteiger partial charge in [0, 0.05) is 30.6 Å². The molecule has 4 nitrogen and oxygen atoms in total. The van der Waals surface area contributed by atoms with Gasteiger partial charge in [-0.25, -0.2) is 0 Å². The van der Waals surface area contributed by atoms with Gasteiger partial charge < -0.3 is 15.0 Å². The average Bonchev–Trinajstić information content (AvgIpc) is 2.65. The summed E-state index contributed by atoms with van der Waals surface area (Å²) >= 11 is 0. The molecule has 104 valence electrons. The number of likely N-dealkylation sites (N-methyl/N-ethyl adjacent to an activating group) is 1. The summed E-state index contributed by atoms with van der Waals surface area (Å²) in [6, 6.07) is 6.15. The Morgan fingerprint density at radius 2 is 2.05 bits per heavy atom. The molecule has 1 heterocycles. The number of nitrogens with two attached hydrogens (primary N) is 1. The minimum Gasteiger partial charge on any atom is -0.497 e. The highest BCUT2D eigenvalue weighted by atomic mass is 16.5. The Kier molecular flexibility index (Phi) is 3.56. The second kappa shape index (κ2) is 4.87. The van der Waals surface area contributed by atoms with Crippen LogP contribution in [0.4, 0.5) is 0 Å². The Morgan fingerprint density at radius 1 is 1.37 bits per heavy atom. The lowest BCUT2D eigenvalue weighted by molar-refractivity contribution is 0.180. The van der Waals surface area contributed by atoms with Crippen molar-refractivity contribution in [2.45, 2.75) is 19.0 Å². The summed E-state index contributed by atoms with van der Waals surface area (Å²) in [5, 5.41) is 1.21. The molecule has 2 rings (SSSR count). The topological polar surface area (TPSA) is 43.4 Å². The van der Waals surface area contributed by atoms with Crippen molar-refractivity contribution >= 4 is 10.9 Å². The van der Waals surface area contributed by atoms with Crippen LogP contribution in [0, 0.1) is 0 Å². The Labute approximate surface area is 114 Å². The summed E-state index contributed by atoms with van der Waals surface area (Å²) < 4.78 is 7.45. The lowest BCUT2D eigenvalue weighted by Gasteiger charge is -2.32. The largest absolute Gasteiger partial charge is 0.497 e. The highest BCUT2D eigenvalue weighted by Crippen LogP contribution is 2.27. The van der Waals surface area contributed by atoms with Crippen LogP contribution in [0.2, 0.25) is 0 Å². The zero-order chi connectivity index (χ0) is 14.2. The fraction of sp³-hybridized carbons (Fsp3) is 0.467. The molecule has 1 aromatic carbocycles. The predicted molar refractivity (Wildman–Crippen MR) is 79.5 cm³/mol. The van der Waals surface area contributed by atoms with Crippen molar-refractivity contribution in [1.82, 2.24) is 9.47 Å². The van der Waals surface area contributed by atoms with Crippen molar-refractivity contribution in [2.75, 3.05) is 21.2 Å². The summed E-state index contributed by atoms with van der Waals surface area (Å²) in [5.41, 5.74) is 8.43. The maximum absolute atomic E-state index is 6.35. The summed E-state index contributed by atoms with van der Waals surface area (Å²) in [6.45, 7) is 2.05. The number of hydrogen-bond acceptors (Lipinski definition) is 3. The molecule has 4 heteroatoms. The maximum atomic E-state index is 6.35. The van der Waals surface area contributed by atoms with E-state index in [0.717, 1.165) is 12.2 Å². The minimum atomic E-state index is -0.364. The molecule has 2 aromatic rings. The predicted octanol–water partition coefficient (Wildman–Crippen LogP) is 1.97. The molecule has 0 amide bonds. The van der Waals surface area contributed by atoms with Crippen LogP contribution in [0.3, 0.4) is 0 Å². The maximum Gasteiger partial charge on any atom is 0.119 e. The molecule has 0 bridgehead atoms. The van der Waals surface area contributed by atoms with Crippen molar-refractivity contribution in [1.29, 1.82) is 0 Å². The molecule has 0 aliphatic rings. The summed E-state index contributed by atoms with van der Waals surface area (Å²) in [4.78, 5) is 2.05. The highest BCUT2D eigenvalue weighted by molar-refractivity contribution is 5.85. The first-order chi connectivity index (χ1) is 8.85. The first-order valence-electron chi connectivity index (χ1n) is 6.43. The Bertz CT molecular complexity index is 584. The van der Waals surface area contributed by atoms with E-state index in [9.17, 15) is 0 Å². The van der Waals surface area contributed by atoms with Crippen LogP contribution >= 0.6 is 0 Å². The number of rotatable bonds is 4. The fourth-order valence-corrected chi connectivity index (χ4v) is 2.26. The van der Waals surface area contributed by atoms with Crippen molar-refractivity contribution < 1.29 is 4.74 Å². The SMILES string of the molecule is COc1ccc2c(c1)c(CC(C)(N)N(C)C)cn2C. The van der Waals surface area contributed by atoms with Gasteiger partial charge in [0.15, 0.2) is 0 Å². The molecule has 0 saturated heterocycles. The van der Waals surface area contributed by atoms with Gasteiger partial charge >= 0.3 is 0 Å². The van der Waals surface area contributed by atoms with Gasteiger partial charge in [-0.15, -0.1) is 0 Å². The molecule has 1 aromatic heterocycles. The molecule has 0 fully saturated rings. The Hall–Kier alpha value is -1.52. The number of hydrogen-bond donors (Lipinski definition) is 1. The number of benzene rings is 1. The number of nitrogens with zero attached hydrogens (tertiary/aromatic N) is 2. The smallest absolute Gasteiger partial charge is 0.119 e. The quantitative estimate of drug-likeness (QED) is 0.856. The van der Waals surface area contributed by atoms with Gasteiger partial charge in [-0.1, -0.05) is 0 Å². The van der Waals surface area contributed by atoms with Crippen LogP contribution in [-0.2, 0) is 13.5 Å². The first-order valence-corrected chi connectivity index (χ1v) is 6.43. The number of fused-ring (bicyclic) bond motifs is 1. The van der Waals surface area contributed by atoms with E-state index >= 15 is 0 Å². The van der Waals surface area contributed by atoms with E-state index in [2.05, 4.69) is 29.9 Å². The zero-order valence-corrected chi connectivity index (χ0v) is 12.4. The average molecular weight is 261 g/mol. The van der Waals surface area contributed by atoms with E-state index in [1.165, 1.54) is 16.5 Å². The molecule has 2 N–H and O–H groups in total. The molecular weight excluding hydrogens is 238 g/mol. The number of aromatic nitrogens is 1. The van der Waals surface area contributed by atoms with Gasteiger partial charge in [-0.3, -0.25) is 4.90 Å². The standard InChI is InChI=1S/C15H23N3O/c1-15(16,17(2)3)9-11-10-18(4)14-7-6-12(19-5)8-13(11)14/h6-8,10H,9,16H2,1-5H3. The highest BCUT2D eigenvalue weighted by Gasteiger charge is 2.23. The molecule has 0 aliphatic carbocycles. The van der Waals surface area contributed by atoms with E-state index in [1.54, 1.807) is 7.11 Å². The van der Waals surface area contributed by atoms with Gasteiger partial charge in [-0.2, -0.15) is 0 Å². The van der Waals surface area contributed by atoms with Gasteiger partial charge in [0.2, 0.25) is 0 Å². The molecule has 19 heavy (non-hydrogen) atoms. The fourth-order valence-electron chi connectivity index (χ4n) is 2.26. The third kappa shape index (κ3) is 2.60. The van der Waals surface area contributed by atoms with Gasteiger partial charge in [0.1, 0.15) is 5.75 Å².